The van der Waals surface area contributed by atoms with Crippen LogP contribution in [-0.4, -0.2) is 39.2 Å². The molecular formula is C19H22N4O. The van der Waals surface area contributed by atoms with E-state index in [4.69, 9.17) is 9.72 Å². The SMILES string of the molecule is CCOC[C@H]1CN(Cc2ccc3ccccc3n2)Cc2cncn21. The smallest absolute Gasteiger partial charge is 0.0952 e. The van der Waals surface area contributed by atoms with E-state index in [1.807, 2.05) is 31.6 Å². The van der Waals surface area contributed by atoms with Crippen molar-refractivity contribution in [3.8, 4) is 0 Å². The van der Waals surface area contributed by atoms with Gasteiger partial charge in [0.25, 0.3) is 0 Å². The van der Waals surface area contributed by atoms with Crippen molar-refractivity contribution in [3.63, 3.8) is 0 Å². The second-order valence-electron chi connectivity index (χ2n) is 6.27. The van der Waals surface area contributed by atoms with Gasteiger partial charge in [-0.1, -0.05) is 24.3 Å². The molecule has 0 radical (unpaired) electrons. The van der Waals surface area contributed by atoms with Gasteiger partial charge in [-0.25, -0.2) is 4.98 Å². The van der Waals surface area contributed by atoms with Crippen LogP contribution < -0.4 is 0 Å². The van der Waals surface area contributed by atoms with Crippen LogP contribution in [0.4, 0.5) is 0 Å². The fourth-order valence-electron chi connectivity index (χ4n) is 3.40. The summed E-state index contributed by atoms with van der Waals surface area (Å²) < 4.78 is 7.91. The lowest BCUT2D eigenvalue weighted by Gasteiger charge is -2.34. The highest BCUT2D eigenvalue weighted by atomic mass is 16.5. The fourth-order valence-corrected chi connectivity index (χ4v) is 3.40. The van der Waals surface area contributed by atoms with Gasteiger partial charge in [0.15, 0.2) is 0 Å². The summed E-state index contributed by atoms with van der Waals surface area (Å²) in [6, 6.07) is 12.9. The summed E-state index contributed by atoms with van der Waals surface area (Å²) in [6.45, 7) is 6.20. The van der Waals surface area contributed by atoms with Crippen molar-refractivity contribution < 1.29 is 4.74 Å². The first-order valence-electron chi connectivity index (χ1n) is 8.49. The van der Waals surface area contributed by atoms with E-state index in [2.05, 4.69) is 38.7 Å². The van der Waals surface area contributed by atoms with Crippen LogP contribution in [0.2, 0.25) is 0 Å². The summed E-state index contributed by atoms with van der Waals surface area (Å²) in [5.74, 6) is 0. The zero-order chi connectivity index (χ0) is 16.4. The molecule has 0 saturated heterocycles. The van der Waals surface area contributed by atoms with Gasteiger partial charge < -0.3 is 9.30 Å². The van der Waals surface area contributed by atoms with Gasteiger partial charge in [0.05, 0.1) is 35.9 Å². The average Bonchev–Trinajstić information content (AvgIpc) is 3.08. The first-order valence-corrected chi connectivity index (χ1v) is 8.49. The van der Waals surface area contributed by atoms with Gasteiger partial charge in [0, 0.05) is 37.8 Å². The third-order valence-electron chi connectivity index (χ3n) is 4.55. The van der Waals surface area contributed by atoms with Crippen molar-refractivity contribution in [3.05, 3.63) is 60.3 Å². The number of hydrogen-bond acceptors (Lipinski definition) is 4. The van der Waals surface area contributed by atoms with Crippen LogP contribution in [0.15, 0.2) is 48.9 Å². The largest absolute Gasteiger partial charge is 0.380 e. The third kappa shape index (κ3) is 3.05. The minimum absolute atomic E-state index is 0.316. The fraction of sp³-hybridized carbons (Fsp3) is 0.368. The summed E-state index contributed by atoms with van der Waals surface area (Å²) in [6.07, 6.45) is 3.88. The molecule has 1 atom stereocenters. The second kappa shape index (κ2) is 6.71. The molecule has 124 valence electrons. The zero-order valence-corrected chi connectivity index (χ0v) is 13.9. The standard InChI is InChI=1S/C19H22N4O/c1-2-24-13-18-12-22(11-17-9-20-14-23(17)18)10-16-8-7-15-5-3-4-6-19(15)21-16/h3-9,14,18H,2,10-13H2,1H3/t18-/m1/s1. The molecule has 1 aliphatic heterocycles. The molecule has 5 heteroatoms. The van der Waals surface area contributed by atoms with Gasteiger partial charge in [0.2, 0.25) is 0 Å². The second-order valence-corrected chi connectivity index (χ2v) is 6.27. The molecule has 0 spiro atoms. The lowest BCUT2D eigenvalue weighted by atomic mass is 10.1. The van der Waals surface area contributed by atoms with Gasteiger partial charge in [-0.05, 0) is 19.1 Å². The summed E-state index contributed by atoms with van der Waals surface area (Å²) in [5.41, 5.74) is 3.41. The highest BCUT2D eigenvalue weighted by Crippen LogP contribution is 2.23. The molecule has 0 aliphatic carbocycles. The predicted octanol–water partition coefficient (Wildman–Crippen LogP) is 3.02. The Balaban J connectivity index is 1.53. The number of fused-ring (bicyclic) bond motifs is 2. The molecule has 0 bridgehead atoms. The van der Waals surface area contributed by atoms with Crippen LogP contribution in [0.1, 0.15) is 24.4 Å². The zero-order valence-electron chi connectivity index (χ0n) is 13.9. The van der Waals surface area contributed by atoms with Crippen LogP contribution in [0.25, 0.3) is 10.9 Å². The number of nitrogens with zero attached hydrogens (tertiary/aromatic N) is 4. The molecule has 4 rings (SSSR count). The van der Waals surface area contributed by atoms with Crippen molar-refractivity contribution in [1.29, 1.82) is 0 Å². The van der Waals surface area contributed by atoms with Gasteiger partial charge in [0.1, 0.15) is 0 Å². The minimum Gasteiger partial charge on any atom is -0.380 e. The number of pyridine rings is 1. The molecule has 24 heavy (non-hydrogen) atoms. The third-order valence-corrected chi connectivity index (χ3v) is 4.55. The van der Waals surface area contributed by atoms with Crippen molar-refractivity contribution in [1.82, 2.24) is 19.4 Å². The van der Waals surface area contributed by atoms with E-state index in [0.717, 1.165) is 44.1 Å². The predicted molar refractivity (Wildman–Crippen MR) is 93.6 cm³/mol. The lowest BCUT2D eigenvalue weighted by molar-refractivity contribution is 0.0741. The van der Waals surface area contributed by atoms with Crippen molar-refractivity contribution in [2.24, 2.45) is 0 Å². The number of aromatic nitrogens is 3. The summed E-state index contributed by atoms with van der Waals surface area (Å²) in [7, 11) is 0. The molecule has 0 saturated carbocycles. The molecule has 0 fully saturated rings. The first-order chi connectivity index (χ1) is 11.8. The van der Waals surface area contributed by atoms with Crippen molar-refractivity contribution >= 4 is 10.9 Å². The number of ether oxygens (including phenoxy) is 1. The molecule has 1 aromatic carbocycles. The van der Waals surface area contributed by atoms with Crippen LogP contribution in [0, 0.1) is 0 Å². The van der Waals surface area contributed by atoms with E-state index in [0.29, 0.717) is 6.04 Å². The molecular weight excluding hydrogens is 300 g/mol. The first kappa shape index (κ1) is 15.3. The highest BCUT2D eigenvalue weighted by molar-refractivity contribution is 5.78. The number of hydrogen-bond donors (Lipinski definition) is 0. The Hall–Kier alpha value is -2.24. The Morgan fingerprint density at radius 3 is 3.04 bits per heavy atom. The van der Waals surface area contributed by atoms with Crippen LogP contribution in [-0.2, 0) is 17.8 Å². The Labute approximate surface area is 141 Å². The van der Waals surface area contributed by atoms with E-state index >= 15 is 0 Å². The Morgan fingerprint density at radius 2 is 2.12 bits per heavy atom. The van der Waals surface area contributed by atoms with Crippen LogP contribution in [0.5, 0.6) is 0 Å². The topological polar surface area (TPSA) is 43.2 Å². The molecule has 3 aromatic rings. The van der Waals surface area contributed by atoms with E-state index in [1.165, 1.54) is 11.1 Å². The normalized spacial score (nSPS) is 18.0. The molecule has 5 nitrogen and oxygen atoms in total. The lowest BCUT2D eigenvalue weighted by Crippen LogP contribution is -2.38. The van der Waals surface area contributed by atoms with Gasteiger partial charge in [-0.2, -0.15) is 0 Å². The Bertz CT molecular complexity index is 829. The molecule has 1 aliphatic rings. The van der Waals surface area contributed by atoms with Crippen LogP contribution in [0.3, 0.4) is 0 Å². The molecule has 3 heterocycles. The van der Waals surface area contributed by atoms with Gasteiger partial charge in [-0.15, -0.1) is 0 Å². The molecule has 0 N–H and O–H groups in total. The van der Waals surface area contributed by atoms with Crippen molar-refractivity contribution in [2.45, 2.75) is 26.1 Å². The quantitative estimate of drug-likeness (QED) is 0.724. The molecule has 2 aromatic heterocycles. The molecule has 0 amide bonds. The molecule has 0 unspecified atom stereocenters. The van der Waals surface area contributed by atoms with E-state index in [-0.39, 0.29) is 0 Å². The van der Waals surface area contributed by atoms with E-state index < -0.39 is 0 Å². The maximum absolute atomic E-state index is 5.66. The van der Waals surface area contributed by atoms with E-state index in [1.54, 1.807) is 0 Å². The Morgan fingerprint density at radius 1 is 1.21 bits per heavy atom. The monoisotopic (exact) mass is 322 g/mol. The number of imidazole rings is 1. The number of rotatable bonds is 5. The summed E-state index contributed by atoms with van der Waals surface area (Å²) in [5, 5.41) is 1.19. The van der Waals surface area contributed by atoms with Gasteiger partial charge >= 0.3 is 0 Å². The van der Waals surface area contributed by atoms with Crippen molar-refractivity contribution in [2.75, 3.05) is 19.8 Å². The maximum Gasteiger partial charge on any atom is 0.0952 e. The van der Waals surface area contributed by atoms with Gasteiger partial charge in [-0.3, -0.25) is 9.88 Å². The van der Waals surface area contributed by atoms with Crippen LogP contribution >= 0.6 is 0 Å². The average molecular weight is 322 g/mol. The van der Waals surface area contributed by atoms with E-state index in [9.17, 15) is 0 Å². The Kier molecular flexibility index (Phi) is 4.28. The summed E-state index contributed by atoms with van der Waals surface area (Å²) in [4.78, 5) is 11.5. The highest BCUT2D eigenvalue weighted by Gasteiger charge is 2.25. The number of benzene rings is 1. The maximum atomic E-state index is 5.66. The summed E-state index contributed by atoms with van der Waals surface area (Å²) >= 11 is 0. The number of para-hydroxylation sites is 1. The minimum atomic E-state index is 0.316.